The molecular weight excluding hydrogens is 345 g/mol. The number of carbonyl (C=O) groups is 1. The minimum atomic E-state index is -0.359. The molecule has 2 aromatic rings. The van der Waals surface area contributed by atoms with Crippen molar-refractivity contribution in [3.05, 3.63) is 75.8 Å². The minimum absolute atomic E-state index is 0.0216. The SMILES string of the molecule is O=C1ON=C2C=C(c3ccc(Cl)cc3)CC(c3ccc(Cl)cc3)C12. The summed E-state index contributed by atoms with van der Waals surface area (Å²) in [4.78, 5) is 17.1. The molecule has 5 heteroatoms. The standard InChI is InChI=1S/C19H13Cl2NO2/c20-14-5-1-11(2-6-14)13-9-16(12-3-7-15(21)8-4-12)18-17(10-13)22-24-19(18)23/h1-8,10,16,18H,9H2. The Balaban J connectivity index is 1.76. The summed E-state index contributed by atoms with van der Waals surface area (Å²) < 4.78 is 0. The molecule has 0 aromatic heterocycles. The number of allylic oxidation sites excluding steroid dienone is 2. The van der Waals surface area contributed by atoms with Gasteiger partial charge in [0, 0.05) is 16.0 Å². The fourth-order valence-corrected chi connectivity index (χ4v) is 3.55. The molecule has 2 aliphatic rings. The number of halogens is 2. The zero-order valence-corrected chi connectivity index (χ0v) is 14.1. The van der Waals surface area contributed by atoms with E-state index >= 15 is 0 Å². The molecule has 0 bridgehead atoms. The molecule has 2 atom stereocenters. The van der Waals surface area contributed by atoms with E-state index in [1.165, 1.54) is 0 Å². The molecule has 24 heavy (non-hydrogen) atoms. The number of hydrogen-bond acceptors (Lipinski definition) is 3. The minimum Gasteiger partial charge on any atom is -0.317 e. The molecule has 1 heterocycles. The Morgan fingerprint density at radius 3 is 2.25 bits per heavy atom. The molecule has 3 nitrogen and oxygen atoms in total. The normalized spacial score (nSPS) is 22.5. The van der Waals surface area contributed by atoms with Gasteiger partial charge < -0.3 is 4.84 Å². The Morgan fingerprint density at radius 1 is 0.958 bits per heavy atom. The molecule has 120 valence electrons. The number of benzene rings is 2. The van der Waals surface area contributed by atoms with E-state index in [1.54, 1.807) is 0 Å². The molecule has 4 rings (SSSR count). The van der Waals surface area contributed by atoms with Crippen LogP contribution in [0.5, 0.6) is 0 Å². The molecule has 0 spiro atoms. The fourth-order valence-electron chi connectivity index (χ4n) is 3.30. The van der Waals surface area contributed by atoms with Gasteiger partial charge in [0.05, 0.1) is 5.71 Å². The summed E-state index contributed by atoms with van der Waals surface area (Å²) >= 11 is 12.0. The van der Waals surface area contributed by atoms with E-state index in [0.29, 0.717) is 15.8 Å². The summed E-state index contributed by atoms with van der Waals surface area (Å²) in [6, 6.07) is 15.3. The number of rotatable bonds is 2. The van der Waals surface area contributed by atoms with Gasteiger partial charge in [-0.1, -0.05) is 52.6 Å². The second kappa shape index (κ2) is 6.08. The van der Waals surface area contributed by atoms with Gasteiger partial charge in [0.2, 0.25) is 0 Å². The second-order valence-electron chi connectivity index (χ2n) is 5.94. The molecular formula is C19H13Cl2NO2. The highest BCUT2D eigenvalue weighted by Gasteiger charge is 2.42. The molecule has 1 aliphatic carbocycles. The maximum Gasteiger partial charge on any atom is 0.344 e. The molecule has 2 aromatic carbocycles. The summed E-state index contributed by atoms with van der Waals surface area (Å²) in [6.07, 6.45) is 2.67. The average molecular weight is 358 g/mol. The zero-order valence-electron chi connectivity index (χ0n) is 12.6. The summed E-state index contributed by atoms with van der Waals surface area (Å²) in [7, 11) is 0. The molecule has 0 saturated carbocycles. The van der Waals surface area contributed by atoms with Gasteiger partial charge in [0.25, 0.3) is 0 Å². The quantitative estimate of drug-likeness (QED) is 0.701. The Kier molecular flexibility index (Phi) is 3.91. The lowest BCUT2D eigenvalue weighted by Gasteiger charge is -2.27. The lowest BCUT2D eigenvalue weighted by molar-refractivity contribution is -0.144. The lowest BCUT2D eigenvalue weighted by Crippen LogP contribution is -2.28. The van der Waals surface area contributed by atoms with Crippen LogP contribution in [0.3, 0.4) is 0 Å². The molecule has 0 amide bonds. The Morgan fingerprint density at radius 2 is 1.58 bits per heavy atom. The average Bonchev–Trinajstić information content (AvgIpc) is 2.97. The number of oxime groups is 1. The van der Waals surface area contributed by atoms with E-state index in [0.717, 1.165) is 23.1 Å². The van der Waals surface area contributed by atoms with Crippen LogP contribution in [0.2, 0.25) is 10.0 Å². The van der Waals surface area contributed by atoms with Crippen molar-refractivity contribution < 1.29 is 9.63 Å². The number of nitrogens with zero attached hydrogens (tertiary/aromatic N) is 1. The molecule has 1 aliphatic heterocycles. The van der Waals surface area contributed by atoms with Crippen LogP contribution in [0.4, 0.5) is 0 Å². The number of carbonyl (C=O) groups excluding carboxylic acids is 1. The third kappa shape index (κ3) is 2.74. The molecule has 0 saturated heterocycles. The van der Waals surface area contributed by atoms with Crippen molar-refractivity contribution >= 4 is 40.5 Å². The first kappa shape index (κ1) is 15.4. The molecule has 2 unspecified atom stereocenters. The van der Waals surface area contributed by atoms with Crippen LogP contribution >= 0.6 is 23.2 Å². The van der Waals surface area contributed by atoms with Gasteiger partial charge in [-0.05, 0) is 53.5 Å². The summed E-state index contributed by atoms with van der Waals surface area (Å²) in [6.45, 7) is 0. The molecule has 0 radical (unpaired) electrons. The number of fused-ring (bicyclic) bond motifs is 1. The smallest absolute Gasteiger partial charge is 0.317 e. The van der Waals surface area contributed by atoms with Gasteiger partial charge in [-0.2, -0.15) is 0 Å². The first-order valence-electron chi connectivity index (χ1n) is 7.62. The Bertz CT molecular complexity index is 854. The van der Waals surface area contributed by atoms with Gasteiger partial charge in [-0.25, -0.2) is 4.79 Å². The monoisotopic (exact) mass is 357 g/mol. The van der Waals surface area contributed by atoms with Gasteiger partial charge in [-0.15, -0.1) is 0 Å². The van der Waals surface area contributed by atoms with E-state index in [4.69, 9.17) is 28.0 Å². The first-order valence-corrected chi connectivity index (χ1v) is 8.38. The zero-order chi connectivity index (χ0) is 16.7. The topological polar surface area (TPSA) is 38.7 Å². The fraction of sp³-hybridized carbons (Fsp3) is 0.158. The van der Waals surface area contributed by atoms with Crippen LogP contribution in [0, 0.1) is 5.92 Å². The summed E-state index contributed by atoms with van der Waals surface area (Å²) in [5.41, 5.74) is 3.91. The van der Waals surface area contributed by atoms with Crippen molar-refractivity contribution in [2.75, 3.05) is 0 Å². The highest BCUT2D eigenvalue weighted by molar-refractivity contribution is 6.30. The highest BCUT2D eigenvalue weighted by atomic mass is 35.5. The first-order chi connectivity index (χ1) is 11.6. The van der Waals surface area contributed by atoms with Crippen molar-refractivity contribution in [2.24, 2.45) is 11.1 Å². The van der Waals surface area contributed by atoms with Crippen molar-refractivity contribution in [1.29, 1.82) is 0 Å². The van der Waals surface area contributed by atoms with Gasteiger partial charge >= 0.3 is 5.97 Å². The van der Waals surface area contributed by atoms with Crippen LogP contribution in [-0.2, 0) is 9.63 Å². The third-order valence-electron chi connectivity index (χ3n) is 4.49. The van der Waals surface area contributed by atoms with E-state index < -0.39 is 0 Å². The van der Waals surface area contributed by atoms with E-state index in [1.807, 2.05) is 54.6 Å². The summed E-state index contributed by atoms with van der Waals surface area (Å²) in [5.74, 6) is -0.676. The predicted octanol–water partition coefficient (Wildman–Crippen LogP) is 5.09. The lowest BCUT2D eigenvalue weighted by atomic mass is 9.73. The Labute approximate surface area is 149 Å². The molecule has 0 fully saturated rings. The predicted molar refractivity (Wildman–Crippen MR) is 95.3 cm³/mol. The molecule has 0 N–H and O–H groups in total. The van der Waals surface area contributed by atoms with Crippen LogP contribution in [0.25, 0.3) is 5.57 Å². The summed E-state index contributed by atoms with van der Waals surface area (Å²) in [5, 5.41) is 5.33. The number of hydrogen-bond donors (Lipinski definition) is 0. The second-order valence-corrected chi connectivity index (χ2v) is 6.82. The van der Waals surface area contributed by atoms with Gasteiger partial charge in [0.15, 0.2) is 0 Å². The highest BCUT2D eigenvalue weighted by Crippen LogP contribution is 2.42. The van der Waals surface area contributed by atoms with E-state index in [9.17, 15) is 4.79 Å². The van der Waals surface area contributed by atoms with Crippen molar-refractivity contribution in [1.82, 2.24) is 0 Å². The van der Waals surface area contributed by atoms with Crippen LogP contribution in [-0.4, -0.2) is 11.7 Å². The van der Waals surface area contributed by atoms with Crippen LogP contribution < -0.4 is 0 Å². The third-order valence-corrected chi connectivity index (χ3v) is 5.00. The van der Waals surface area contributed by atoms with E-state index in [-0.39, 0.29) is 17.8 Å². The van der Waals surface area contributed by atoms with Crippen LogP contribution in [0.1, 0.15) is 23.5 Å². The van der Waals surface area contributed by atoms with Gasteiger partial charge in [0.1, 0.15) is 5.92 Å². The Hall–Kier alpha value is -2.10. The van der Waals surface area contributed by atoms with Gasteiger partial charge in [-0.3, -0.25) is 0 Å². The van der Waals surface area contributed by atoms with E-state index in [2.05, 4.69) is 5.16 Å². The largest absolute Gasteiger partial charge is 0.344 e. The van der Waals surface area contributed by atoms with Crippen molar-refractivity contribution in [3.63, 3.8) is 0 Å². The maximum absolute atomic E-state index is 12.1. The van der Waals surface area contributed by atoms with Crippen molar-refractivity contribution in [3.8, 4) is 0 Å². The maximum atomic E-state index is 12.1. The van der Waals surface area contributed by atoms with Crippen LogP contribution in [0.15, 0.2) is 59.8 Å². The van der Waals surface area contributed by atoms with Crippen molar-refractivity contribution in [2.45, 2.75) is 12.3 Å².